The normalized spacial score (nSPS) is 28.7. The van der Waals surface area contributed by atoms with Crippen molar-refractivity contribution < 1.29 is 8.42 Å². The van der Waals surface area contributed by atoms with E-state index >= 15 is 0 Å². The topological polar surface area (TPSA) is 61.2 Å². The van der Waals surface area contributed by atoms with Crippen molar-refractivity contribution in [3.8, 4) is 0 Å². The number of amidine groups is 1. The number of rotatable bonds is 1. The van der Waals surface area contributed by atoms with Crippen LogP contribution in [0.4, 0.5) is 5.69 Å². The predicted molar refractivity (Wildman–Crippen MR) is 79.9 cm³/mol. The Bertz CT molecular complexity index is 655. The van der Waals surface area contributed by atoms with Gasteiger partial charge in [-0.25, -0.2) is 8.42 Å². The molecule has 6 heteroatoms. The first-order valence-electron chi connectivity index (χ1n) is 6.19. The molecule has 3 rings (SSSR count). The molecule has 1 N–H and O–H groups in total. The van der Waals surface area contributed by atoms with E-state index < -0.39 is 9.84 Å². The average molecular weight is 296 g/mol. The van der Waals surface area contributed by atoms with Crippen molar-refractivity contribution >= 4 is 32.5 Å². The standard InChI is InChI=1S/C13H16N2O2S2/c1-8-3-4-10(9(2)5-8)15-11-6-19(16,17)7-12(11)18-13(15)14/h3-5,11-12,14H,6-7H2,1-2H3/t11-,12+/m0/s1. The molecule has 102 valence electrons. The van der Waals surface area contributed by atoms with E-state index in [9.17, 15) is 8.42 Å². The highest BCUT2D eigenvalue weighted by molar-refractivity contribution is 8.15. The molecule has 0 amide bonds. The number of benzene rings is 1. The summed E-state index contributed by atoms with van der Waals surface area (Å²) in [4.78, 5) is 1.90. The second kappa shape index (κ2) is 4.24. The molecule has 0 aromatic heterocycles. The van der Waals surface area contributed by atoms with E-state index in [4.69, 9.17) is 5.41 Å². The molecule has 0 saturated carbocycles. The Morgan fingerprint density at radius 3 is 2.74 bits per heavy atom. The Morgan fingerprint density at radius 1 is 1.32 bits per heavy atom. The van der Waals surface area contributed by atoms with Crippen molar-refractivity contribution in [1.29, 1.82) is 5.41 Å². The van der Waals surface area contributed by atoms with E-state index in [-0.39, 0.29) is 22.8 Å². The van der Waals surface area contributed by atoms with E-state index in [2.05, 4.69) is 6.07 Å². The van der Waals surface area contributed by atoms with E-state index in [1.54, 1.807) is 0 Å². The van der Waals surface area contributed by atoms with Gasteiger partial charge in [-0.3, -0.25) is 5.41 Å². The maximum Gasteiger partial charge on any atom is 0.161 e. The molecular formula is C13H16N2O2S2. The summed E-state index contributed by atoms with van der Waals surface area (Å²) in [6, 6.07) is 6.00. The van der Waals surface area contributed by atoms with Gasteiger partial charge < -0.3 is 4.90 Å². The van der Waals surface area contributed by atoms with Gasteiger partial charge in [0.2, 0.25) is 0 Å². The first kappa shape index (κ1) is 13.0. The average Bonchev–Trinajstić information content (AvgIpc) is 2.70. The number of fused-ring (bicyclic) bond motifs is 1. The maximum atomic E-state index is 11.8. The number of aryl methyl sites for hydroxylation is 2. The van der Waals surface area contributed by atoms with Gasteiger partial charge >= 0.3 is 0 Å². The molecule has 0 aliphatic carbocycles. The van der Waals surface area contributed by atoms with Gasteiger partial charge in [-0.1, -0.05) is 29.5 Å². The Morgan fingerprint density at radius 2 is 2.05 bits per heavy atom. The fourth-order valence-electron chi connectivity index (χ4n) is 2.86. The van der Waals surface area contributed by atoms with Crippen molar-refractivity contribution in [3.63, 3.8) is 0 Å². The van der Waals surface area contributed by atoms with Crippen molar-refractivity contribution in [2.75, 3.05) is 16.4 Å². The summed E-state index contributed by atoms with van der Waals surface area (Å²) >= 11 is 1.38. The Labute approximate surface area is 117 Å². The second-order valence-corrected chi connectivity index (χ2v) is 8.65. The molecule has 1 aromatic rings. The SMILES string of the molecule is Cc1ccc(N2C(=N)S[C@@H]3CS(=O)(=O)C[C@@H]32)c(C)c1. The summed E-state index contributed by atoms with van der Waals surface area (Å²) in [6.07, 6.45) is 0. The smallest absolute Gasteiger partial charge is 0.161 e. The highest BCUT2D eigenvalue weighted by Crippen LogP contribution is 2.41. The third-order valence-corrected chi connectivity index (χ3v) is 6.83. The van der Waals surface area contributed by atoms with Crippen LogP contribution in [0.5, 0.6) is 0 Å². The molecular weight excluding hydrogens is 280 g/mol. The molecule has 0 bridgehead atoms. The molecule has 4 nitrogen and oxygen atoms in total. The monoisotopic (exact) mass is 296 g/mol. The van der Waals surface area contributed by atoms with Gasteiger partial charge in [-0.15, -0.1) is 0 Å². The summed E-state index contributed by atoms with van der Waals surface area (Å²) in [7, 11) is -2.95. The Kier molecular flexibility index (Phi) is 2.90. The first-order chi connectivity index (χ1) is 8.87. The first-order valence-corrected chi connectivity index (χ1v) is 8.89. The second-order valence-electron chi connectivity index (χ2n) is 5.27. The van der Waals surface area contributed by atoms with Gasteiger partial charge in [0.25, 0.3) is 0 Å². The zero-order valence-electron chi connectivity index (χ0n) is 10.9. The molecule has 2 atom stereocenters. The molecule has 0 unspecified atom stereocenters. The van der Waals surface area contributed by atoms with Crippen LogP contribution in [0.15, 0.2) is 18.2 Å². The Hall–Kier alpha value is -1.01. The van der Waals surface area contributed by atoms with E-state index in [1.165, 1.54) is 17.3 Å². The van der Waals surface area contributed by atoms with Crippen LogP contribution in [0.1, 0.15) is 11.1 Å². The van der Waals surface area contributed by atoms with Gasteiger partial charge in [0, 0.05) is 10.9 Å². The van der Waals surface area contributed by atoms with Crippen molar-refractivity contribution in [1.82, 2.24) is 0 Å². The highest BCUT2D eigenvalue weighted by atomic mass is 32.2. The largest absolute Gasteiger partial charge is 0.316 e. The quantitative estimate of drug-likeness (QED) is 0.860. The van der Waals surface area contributed by atoms with Gasteiger partial charge in [0.05, 0.1) is 17.5 Å². The van der Waals surface area contributed by atoms with Crippen molar-refractivity contribution in [2.24, 2.45) is 0 Å². The fourth-order valence-corrected chi connectivity index (χ4v) is 6.65. The number of sulfone groups is 1. The molecule has 0 spiro atoms. The maximum absolute atomic E-state index is 11.8. The lowest BCUT2D eigenvalue weighted by molar-refractivity contribution is 0.601. The molecule has 0 radical (unpaired) electrons. The summed E-state index contributed by atoms with van der Waals surface area (Å²) in [5.74, 6) is 0.368. The minimum atomic E-state index is -2.95. The molecule has 2 saturated heterocycles. The lowest BCUT2D eigenvalue weighted by atomic mass is 10.1. The fraction of sp³-hybridized carbons (Fsp3) is 0.462. The van der Waals surface area contributed by atoms with Crippen LogP contribution >= 0.6 is 11.8 Å². The number of hydrogen-bond donors (Lipinski definition) is 1. The molecule has 2 aliphatic heterocycles. The summed E-state index contributed by atoms with van der Waals surface area (Å²) in [6.45, 7) is 4.04. The minimum Gasteiger partial charge on any atom is -0.316 e. The third kappa shape index (κ3) is 2.17. The van der Waals surface area contributed by atoms with Gasteiger partial charge in [-0.05, 0) is 25.5 Å². The van der Waals surface area contributed by atoms with Crippen molar-refractivity contribution in [2.45, 2.75) is 25.1 Å². The van der Waals surface area contributed by atoms with E-state index in [0.29, 0.717) is 5.17 Å². The lowest BCUT2D eigenvalue weighted by Gasteiger charge is -2.25. The third-order valence-electron chi connectivity index (χ3n) is 3.70. The molecule has 1 aromatic carbocycles. The van der Waals surface area contributed by atoms with Gasteiger partial charge in [0.15, 0.2) is 15.0 Å². The summed E-state index contributed by atoms with van der Waals surface area (Å²) in [5.41, 5.74) is 3.23. The van der Waals surface area contributed by atoms with Crippen LogP contribution in [0.3, 0.4) is 0 Å². The summed E-state index contributed by atoms with van der Waals surface area (Å²) < 4.78 is 23.5. The number of nitrogens with zero attached hydrogens (tertiary/aromatic N) is 1. The minimum absolute atomic E-state index is 0.0122. The van der Waals surface area contributed by atoms with Crippen LogP contribution < -0.4 is 4.90 Å². The van der Waals surface area contributed by atoms with E-state index in [0.717, 1.165) is 11.3 Å². The van der Waals surface area contributed by atoms with Crippen LogP contribution in [-0.2, 0) is 9.84 Å². The molecule has 19 heavy (non-hydrogen) atoms. The van der Waals surface area contributed by atoms with E-state index in [1.807, 2.05) is 30.9 Å². The zero-order chi connectivity index (χ0) is 13.8. The number of nitrogens with one attached hydrogen (secondary N) is 1. The number of thioether (sulfide) groups is 1. The van der Waals surface area contributed by atoms with Crippen LogP contribution in [0, 0.1) is 19.3 Å². The molecule has 2 heterocycles. The summed E-state index contributed by atoms with van der Waals surface area (Å²) in [5, 5.41) is 8.60. The van der Waals surface area contributed by atoms with Crippen LogP contribution in [0.2, 0.25) is 0 Å². The van der Waals surface area contributed by atoms with Crippen molar-refractivity contribution in [3.05, 3.63) is 29.3 Å². The zero-order valence-corrected chi connectivity index (χ0v) is 12.5. The van der Waals surface area contributed by atoms with Gasteiger partial charge in [0.1, 0.15) is 0 Å². The van der Waals surface area contributed by atoms with Gasteiger partial charge in [-0.2, -0.15) is 0 Å². The van der Waals surface area contributed by atoms with Crippen LogP contribution in [0.25, 0.3) is 0 Å². The molecule has 2 fully saturated rings. The molecule has 2 aliphatic rings. The number of anilines is 1. The lowest BCUT2D eigenvalue weighted by Crippen LogP contribution is -2.37. The predicted octanol–water partition coefficient (Wildman–Crippen LogP) is 1.96. The Balaban J connectivity index is 2.02. The highest BCUT2D eigenvalue weighted by Gasteiger charge is 2.48. The van der Waals surface area contributed by atoms with Crippen LogP contribution in [-0.4, -0.2) is 36.4 Å². The number of hydrogen-bond acceptors (Lipinski definition) is 4.